The minimum Gasteiger partial charge on any atom is -0.394 e. The van der Waals surface area contributed by atoms with Crippen molar-refractivity contribution in [3.05, 3.63) is 47.2 Å². The number of benzene rings is 1. The first kappa shape index (κ1) is 16.7. The summed E-state index contributed by atoms with van der Waals surface area (Å²) in [5.74, 6) is 1.50. The Bertz CT molecular complexity index is 729. The standard InChI is InChI=1S/C19H26N4O/c1-13-9-17(22-18(20-13)21-14(2)12-24)23-11-16-8-6-5-7-15(16)10-19(23,3)4/h5-9,14,24H,10-12H2,1-4H3,(H,20,21,22)/t14-/m0/s1. The van der Waals surface area contributed by atoms with E-state index in [-0.39, 0.29) is 18.2 Å². The Kier molecular flexibility index (Phi) is 4.45. The van der Waals surface area contributed by atoms with E-state index in [2.05, 4.69) is 53.3 Å². The molecule has 0 saturated carbocycles. The SMILES string of the molecule is Cc1cc(N2Cc3ccccc3CC2(C)C)nc(N[C@@H](C)CO)n1. The Hall–Kier alpha value is -2.14. The van der Waals surface area contributed by atoms with Gasteiger partial charge in [-0.15, -0.1) is 0 Å². The maximum atomic E-state index is 9.25. The zero-order chi connectivity index (χ0) is 17.3. The number of rotatable bonds is 4. The third-order valence-electron chi connectivity index (χ3n) is 4.57. The minimum absolute atomic E-state index is 0.0188. The molecule has 0 unspecified atom stereocenters. The summed E-state index contributed by atoms with van der Waals surface area (Å²) in [6, 6.07) is 10.6. The molecule has 1 aromatic carbocycles. The molecule has 0 saturated heterocycles. The predicted octanol–water partition coefficient (Wildman–Crippen LogP) is 2.92. The number of aliphatic hydroxyl groups is 1. The summed E-state index contributed by atoms with van der Waals surface area (Å²) in [6.45, 7) is 9.29. The number of nitrogens with zero attached hydrogens (tertiary/aromatic N) is 3. The summed E-state index contributed by atoms with van der Waals surface area (Å²) in [4.78, 5) is 11.5. The minimum atomic E-state index is -0.0743. The molecule has 1 atom stereocenters. The molecule has 0 aliphatic carbocycles. The Morgan fingerprint density at radius 1 is 1.25 bits per heavy atom. The second-order valence-electron chi connectivity index (χ2n) is 7.26. The fourth-order valence-corrected chi connectivity index (χ4v) is 3.24. The molecule has 2 heterocycles. The van der Waals surface area contributed by atoms with Crippen LogP contribution in [0.2, 0.25) is 0 Å². The first-order valence-electron chi connectivity index (χ1n) is 8.46. The van der Waals surface area contributed by atoms with Gasteiger partial charge in [-0.2, -0.15) is 4.98 Å². The van der Waals surface area contributed by atoms with Gasteiger partial charge in [0.2, 0.25) is 5.95 Å². The highest BCUT2D eigenvalue weighted by molar-refractivity contribution is 5.51. The number of fused-ring (bicyclic) bond motifs is 1. The van der Waals surface area contributed by atoms with E-state index in [0.29, 0.717) is 5.95 Å². The number of aliphatic hydroxyl groups excluding tert-OH is 1. The summed E-state index contributed by atoms with van der Waals surface area (Å²) in [6.07, 6.45) is 0.988. The maximum absolute atomic E-state index is 9.25. The van der Waals surface area contributed by atoms with Crippen molar-refractivity contribution in [3.8, 4) is 0 Å². The molecule has 1 aliphatic heterocycles. The first-order chi connectivity index (χ1) is 11.4. The molecule has 0 fully saturated rings. The summed E-state index contributed by atoms with van der Waals surface area (Å²) in [5.41, 5.74) is 3.67. The topological polar surface area (TPSA) is 61.3 Å². The van der Waals surface area contributed by atoms with Gasteiger partial charge in [0, 0.05) is 29.9 Å². The second-order valence-corrected chi connectivity index (χ2v) is 7.26. The van der Waals surface area contributed by atoms with Gasteiger partial charge in [0.1, 0.15) is 5.82 Å². The van der Waals surface area contributed by atoms with Crippen molar-refractivity contribution in [2.75, 3.05) is 16.8 Å². The van der Waals surface area contributed by atoms with Gasteiger partial charge in [-0.1, -0.05) is 24.3 Å². The van der Waals surface area contributed by atoms with Crippen LogP contribution in [0.5, 0.6) is 0 Å². The van der Waals surface area contributed by atoms with E-state index in [1.165, 1.54) is 11.1 Å². The number of anilines is 2. The quantitative estimate of drug-likeness (QED) is 0.904. The zero-order valence-corrected chi connectivity index (χ0v) is 14.9. The average molecular weight is 326 g/mol. The lowest BCUT2D eigenvalue weighted by Crippen LogP contribution is -2.49. The highest BCUT2D eigenvalue weighted by atomic mass is 16.3. The van der Waals surface area contributed by atoms with E-state index in [1.807, 2.05) is 19.9 Å². The number of hydrogen-bond acceptors (Lipinski definition) is 5. The summed E-state index contributed by atoms with van der Waals surface area (Å²) in [5, 5.41) is 12.4. The summed E-state index contributed by atoms with van der Waals surface area (Å²) < 4.78 is 0. The highest BCUT2D eigenvalue weighted by Crippen LogP contribution is 2.34. The van der Waals surface area contributed by atoms with E-state index in [1.54, 1.807) is 0 Å². The van der Waals surface area contributed by atoms with Gasteiger partial charge in [-0.05, 0) is 45.2 Å². The molecule has 0 amide bonds. The van der Waals surface area contributed by atoms with Crippen molar-refractivity contribution >= 4 is 11.8 Å². The fourth-order valence-electron chi connectivity index (χ4n) is 3.24. The van der Waals surface area contributed by atoms with Crippen LogP contribution in [0.25, 0.3) is 0 Å². The summed E-state index contributed by atoms with van der Waals surface area (Å²) in [7, 11) is 0. The Balaban J connectivity index is 1.96. The lowest BCUT2D eigenvalue weighted by atomic mass is 9.85. The number of nitrogens with one attached hydrogen (secondary N) is 1. The van der Waals surface area contributed by atoms with Crippen molar-refractivity contribution in [2.24, 2.45) is 0 Å². The van der Waals surface area contributed by atoms with Gasteiger partial charge >= 0.3 is 0 Å². The van der Waals surface area contributed by atoms with Crippen LogP contribution in [0.3, 0.4) is 0 Å². The van der Waals surface area contributed by atoms with Crippen LogP contribution < -0.4 is 10.2 Å². The lowest BCUT2D eigenvalue weighted by molar-refractivity contribution is 0.281. The Morgan fingerprint density at radius 2 is 1.96 bits per heavy atom. The van der Waals surface area contributed by atoms with Crippen LogP contribution >= 0.6 is 0 Å². The molecule has 5 nitrogen and oxygen atoms in total. The predicted molar refractivity (Wildman–Crippen MR) is 97.3 cm³/mol. The van der Waals surface area contributed by atoms with Gasteiger partial charge in [0.25, 0.3) is 0 Å². The second kappa shape index (κ2) is 6.40. The molecule has 0 spiro atoms. The molecule has 5 heteroatoms. The Morgan fingerprint density at radius 3 is 2.67 bits per heavy atom. The van der Waals surface area contributed by atoms with Gasteiger partial charge < -0.3 is 15.3 Å². The van der Waals surface area contributed by atoms with Crippen LogP contribution in [0.4, 0.5) is 11.8 Å². The third kappa shape index (κ3) is 3.36. The fraction of sp³-hybridized carbons (Fsp3) is 0.474. The highest BCUT2D eigenvalue weighted by Gasteiger charge is 2.33. The molecular weight excluding hydrogens is 300 g/mol. The number of hydrogen-bond donors (Lipinski definition) is 2. The number of aromatic nitrogens is 2. The molecule has 2 aromatic rings. The molecule has 128 valence electrons. The van der Waals surface area contributed by atoms with Crippen molar-refractivity contribution in [1.82, 2.24) is 9.97 Å². The third-order valence-corrected chi connectivity index (χ3v) is 4.57. The van der Waals surface area contributed by atoms with Gasteiger partial charge in [0.05, 0.1) is 6.61 Å². The summed E-state index contributed by atoms with van der Waals surface area (Å²) >= 11 is 0. The van der Waals surface area contributed by atoms with Crippen molar-refractivity contribution in [2.45, 2.75) is 52.2 Å². The number of aryl methyl sites for hydroxylation is 1. The average Bonchev–Trinajstić information content (AvgIpc) is 2.52. The van der Waals surface area contributed by atoms with Crippen molar-refractivity contribution in [3.63, 3.8) is 0 Å². The van der Waals surface area contributed by atoms with E-state index in [0.717, 1.165) is 24.5 Å². The molecule has 3 rings (SSSR count). The van der Waals surface area contributed by atoms with Crippen LogP contribution in [0.15, 0.2) is 30.3 Å². The van der Waals surface area contributed by atoms with E-state index in [4.69, 9.17) is 4.98 Å². The molecule has 1 aromatic heterocycles. The molecule has 2 N–H and O–H groups in total. The van der Waals surface area contributed by atoms with Crippen LogP contribution in [-0.4, -0.2) is 33.3 Å². The van der Waals surface area contributed by atoms with E-state index in [9.17, 15) is 5.11 Å². The van der Waals surface area contributed by atoms with Gasteiger partial charge in [0.15, 0.2) is 0 Å². The molecule has 24 heavy (non-hydrogen) atoms. The Labute approximate surface area is 143 Å². The monoisotopic (exact) mass is 326 g/mol. The van der Waals surface area contributed by atoms with E-state index < -0.39 is 0 Å². The lowest BCUT2D eigenvalue weighted by Gasteiger charge is -2.44. The molecule has 0 radical (unpaired) electrons. The normalized spacial score (nSPS) is 17.3. The first-order valence-corrected chi connectivity index (χ1v) is 8.46. The van der Waals surface area contributed by atoms with E-state index >= 15 is 0 Å². The largest absolute Gasteiger partial charge is 0.394 e. The smallest absolute Gasteiger partial charge is 0.225 e. The van der Waals surface area contributed by atoms with Crippen LogP contribution in [0, 0.1) is 6.92 Å². The maximum Gasteiger partial charge on any atom is 0.225 e. The zero-order valence-electron chi connectivity index (χ0n) is 14.9. The van der Waals surface area contributed by atoms with Gasteiger partial charge in [-0.3, -0.25) is 0 Å². The van der Waals surface area contributed by atoms with Crippen LogP contribution in [0.1, 0.15) is 37.6 Å². The van der Waals surface area contributed by atoms with Crippen LogP contribution in [-0.2, 0) is 13.0 Å². The molecule has 0 bridgehead atoms. The van der Waals surface area contributed by atoms with Crippen molar-refractivity contribution < 1.29 is 5.11 Å². The molecule has 1 aliphatic rings. The van der Waals surface area contributed by atoms with Gasteiger partial charge in [-0.25, -0.2) is 4.98 Å². The molecular formula is C19H26N4O. The van der Waals surface area contributed by atoms with Crippen molar-refractivity contribution in [1.29, 1.82) is 0 Å².